The summed E-state index contributed by atoms with van der Waals surface area (Å²) in [6, 6.07) is 0. The van der Waals surface area contributed by atoms with E-state index >= 15 is 0 Å². The fraction of sp³-hybridized carbons (Fsp3) is 1.00. The molecule has 28 heavy (non-hydrogen) atoms. The summed E-state index contributed by atoms with van der Waals surface area (Å²) in [5.74, 6) is 0. The van der Waals surface area contributed by atoms with Crippen LogP contribution in [-0.2, 0) is 25.0 Å². The zero-order valence-corrected chi connectivity index (χ0v) is 23.0. The molecule has 10 nitrogen and oxygen atoms in total. The topological polar surface area (TPSA) is 190 Å². The molecule has 0 aliphatic heterocycles. The van der Waals surface area contributed by atoms with Gasteiger partial charge < -0.3 is 19.9 Å². The Hall–Kier alpha value is 1.66. The Balaban J connectivity index is -0.000000134. The smallest absolute Gasteiger partial charge is 0.759 e. The van der Waals surface area contributed by atoms with E-state index in [9.17, 15) is 8.42 Å². The van der Waals surface area contributed by atoms with Crippen LogP contribution >= 0.6 is 0 Å². The van der Waals surface area contributed by atoms with Crippen LogP contribution < -0.4 is 64.8 Å². The van der Waals surface area contributed by atoms with Gasteiger partial charge in [0.05, 0.1) is 13.2 Å². The van der Waals surface area contributed by atoms with Gasteiger partial charge in [0.1, 0.15) is 0 Å². The van der Waals surface area contributed by atoms with Crippen LogP contribution in [0.4, 0.5) is 0 Å². The van der Waals surface area contributed by atoms with E-state index in [-0.39, 0.29) is 72.3 Å². The van der Waals surface area contributed by atoms with Gasteiger partial charge in [-0.05, 0) is 6.42 Å². The Morgan fingerprint density at radius 2 is 1.11 bits per heavy atom. The predicted molar refractivity (Wildman–Crippen MR) is 96.0 cm³/mol. The molecule has 0 unspecified atom stereocenters. The summed E-state index contributed by atoms with van der Waals surface area (Å²) in [6.07, 6.45) is 11.9. The SMILES string of the molecule is CCCCCCCCCCCCOS(=O)(=O)O.NCCO.O=S(=O)([O-])[O-].[Na+].[Na+]. The molecule has 0 fully saturated rings. The minimum absolute atomic E-state index is 0. The third kappa shape index (κ3) is 70.8. The number of hydrogen-bond donors (Lipinski definition) is 3. The Bertz CT molecular complexity index is 467. The summed E-state index contributed by atoms with van der Waals surface area (Å²) in [5.41, 5.74) is 4.78. The number of hydrogen-bond acceptors (Lipinski definition) is 9. The van der Waals surface area contributed by atoms with E-state index in [0.717, 1.165) is 12.8 Å². The molecule has 0 aromatic rings. The standard InChI is InChI=1S/C12H26O4S.C2H7NO.2Na.H2O4S/c1-2-3-4-5-6-7-8-9-10-11-12-16-17(13,14)15;3-1-2-4;;;1-5(2,3)4/h2-12H2,1H3,(H,13,14,15);4H,1-3H2;;;(H2,1,2,3,4)/q;;2*+1;/p-2. The summed E-state index contributed by atoms with van der Waals surface area (Å²) in [6.45, 7) is 2.78. The summed E-state index contributed by atoms with van der Waals surface area (Å²) in [5, 5.41) is 7.75. The van der Waals surface area contributed by atoms with Crippen LogP contribution in [0.2, 0.25) is 0 Å². The van der Waals surface area contributed by atoms with Crippen LogP contribution in [0.3, 0.4) is 0 Å². The van der Waals surface area contributed by atoms with Gasteiger partial charge in [0.25, 0.3) is 0 Å². The van der Waals surface area contributed by atoms with E-state index < -0.39 is 20.8 Å². The summed E-state index contributed by atoms with van der Waals surface area (Å²) < 4.78 is 67.1. The number of aliphatic hydroxyl groups is 1. The molecular formula is C14H33NNa2O9S2. The van der Waals surface area contributed by atoms with E-state index in [4.69, 9.17) is 32.9 Å². The van der Waals surface area contributed by atoms with Crippen molar-refractivity contribution in [3.05, 3.63) is 0 Å². The van der Waals surface area contributed by atoms with E-state index in [1.807, 2.05) is 0 Å². The molecule has 0 rings (SSSR count). The number of aliphatic hydroxyl groups excluding tert-OH is 1. The van der Waals surface area contributed by atoms with Crippen molar-refractivity contribution in [1.29, 1.82) is 0 Å². The molecule has 0 aromatic carbocycles. The van der Waals surface area contributed by atoms with Gasteiger partial charge in [-0.2, -0.15) is 8.42 Å². The molecule has 0 spiro atoms. The van der Waals surface area contributed by atoms with Crippen molar-refractivity contribution < 1.29 is 98.9 Å². The maximum Gasteiger partial charge on any atom is 1.00 e. The molecule has 4 N–H and O–H groups in total. The van der Waals surface area contributed by atoms with Crippen molar-refractivity contribution in [3.63, 3.8) is 0 Å². The average Bonchev–Trinajstić information content (AvgIpc) is 2.50. The third-order valence-corrected chi connectivity index (χ3v) is 3.32. The molecular weight excluding hydrogens is 436 g/mol. The molecule has 0 bridgehead atoms. The maximum atomic E-state index is 10.2. The van der Waals surface area contributed by atoms with Gasteiger partial charge in [-0.15, -0.1) is 0 Å². The van der Waals surface area contributed by atoms with Crippen molar-refractivity contribution in [3.8, 4) is 0 Å². The van der Waals surface area contributed by atoms with Crippen molar-refractivity contribution in [2.24, 2.45) is 5.73 Å². The number of nitrogens with two attached hydrogens (primary N) is 1. The van der Waals surface area contributed by atoms with Crippen molar-refractivity contribution in [1.82, 2.24) is 0 Å². The Kier molecular flexibility index (Phi) is 41.0. The second kappa shape index (κ2) is 28.7. The maximum absolute atomic E-state index is 10.2. The van der Waals surface area contributed by atoms with Crippen molar-refractivity contribution in [2.75, 3.05) is 19.8 Å². The summed E-state index contributed by atoms with van der Waals surface area (Å²) in [4.78, 5) is 0. The molecule has 0 aliphatic carbocycles. The number of rotatable bonds is 13. The molecule has 0 radical (unpaired) electrons. The largest absolute Gasteiger partial charge is 1.00 e. The van der Waals surface area contributed by atoms with E-state index in [1.165, 1.54) is 44.9 Å². The molecule has 0 atom stereocenters. The van der Waals surface area contributed by atoms with Gasteiger partial charge in [-0.25, -0.2) is 4.18 Å². The average molecular weight is 470 g/mol. The minimum atomic E-state index is -5.17. The van der Waals surface area contributed by atoms with Crippen LogP contribution in [0, 0.1) is 0 Å². The molecule has 0 saturated carbocycles. The molecule has 0 saturated heterocycles. The molecule has 0 amide bonds. The Morgan fingerprint density at radius 1 is 0.821 bits per heavy atom. The quantitative estimate of drug-likeness (QED) is 0.102. The van der Waals surface area contributed by atoms with Gasteiger partial charge in [0, 0.05) is 16.9 Å². The van der Waals surface area contributed by atoms with Gasteiger partial charge >= 0.3 is 69.5 Å². The first-order chi connectivity index (χ1) is 12.0. The Labute approximate surface area is 214 Å². The van der Waals surface area contributed by atoms with Gasteiger partial charge in [-0.1, -0.05) is 64.7 Å². The van der Waals surface area contributed by atoms with E-state index in [1.54, 1.807) is 0 Å². The first kappa shape index (κ1) is 40.1. The fourth-order valence-corrected chi connectivity index (χ4v) is 2.08. The van der Waals surface area contributed by atoms with Crippen LogP contribution in [-0.4, -0.2) is 55.4 Å². The summed E-state index contributed by atoms with van der Waals surface area (Å²) >= 11 is 0. The van der Waals surface area contributed by atoms with Crippen LogP contribution in [0.1, 0.15) is 71.1 Å². The van der Waals surface area contributed by atoms with Crippen molar-refractivity contribution in [2.45, 2.75) is 71.1 Å². The molecule has 0 aromatic heterocycles. The van der Waals surface area contributed by atoms with E-state index in [0.29, 0.717) is 13.0 Å². The zero-order chi connectivity index (χ0) is 20.9. The molecule has 0 heterocycles. The number of unbranched alkanes of at least 4 members (excludes halogenated alkanes) is 9. The van der Waals surface area contributed by atoms with Gasteiger partial charge in [0.15, 0.2) is 0 Å². The second-order valence-electron chi connectivity index (χ2n) is 5.35. The zero-order valence-electron chi connectivity index (χ0n) is 17.3. The molecule has 14 heteroatoms. The predicted octanol–water partition coefficient (Wildman–Crippen LogP) is -4.67. The minimum Gasteiger partial charge on any atom is -0.759 e. The van der Waals surface area contributed by atoms with E-state index in [2.05, 4.69) is 11.1 Å². The molecule has 0 aliphatic rings. The monoisotopic (exact) mass is 469 g/mol. The third-order valence-electron chi connectivity index (χ3n) is 2.86. The fourth-order valence-electron chi connectivity index (χ4n) is 1.75. The Morgan fingerprint density at radius 3 is 1.36 bits per heavy atom. The normalized spacial score (nSPS) is 10.4. The second-order valence-corrected chi connectivity index (χ2v) is 7.26. The first-order valence-corrected chi connectivity index (χ1v) is 11.3. The summed E-state index contributed by atoms with van der Waals surface area (Å²) in [7, 11) is -9.40. The van der Waals surface area contributed by atoms with Crippen molar-refractivity contribution >= 4 is 20.8 Å². The van der Waals surface area contributed by atoms with Crippen LogP contribution in [0.5, 0.6) is 0 Å². The van der Waals surface area contributed by atoms with Gasteiger partial charge in [-0.3, -0.25) is 13.0 Å². The van der Waals surface area contributed by atoms with Crippen LogP contribution in [0.15, 0.2) is 0 Å². The van der Waals surface area contributed by atoms with Crippen LogP contribution in [0.25, 0.3) is 0 Å². The first-order valence-electron chi connectivity index (χ1n) is 8.57. The molecule has 162 valence electrons. The van der Waals surface area contributed by atoms with Gasteiger partial charge in [0.2, 0.25) is 0 Å².